The summed E-state index contributed by atoms with van der Waals surface area (Å²) < 4.78 is 5.64. The van der Waals surface area contributed by atoms with E-state index < -0.39 is 0 Å². The zero-order valence-corrected chi connectivity index (χ0v) is 8.85. The molecule has 0 bridgehead atoms. The molecule has 3 heteroatoms. The number of nitrogens with zero attached hydrogens (tertiary/aromatic N) is 1. The van der Waals surface area contributed by atoms with Gasteiger partial charge in [0.05, 0.1) is 24.1 Å². The van der Waals surface area contributed by atoms with E-state index in [2.05, 4.69) is 37.9 Å². The van der Waals surface area contributed by atoms with Crippen LogP contribution < -0.4 is 0 Å². The van der Waals surface area contributed by atoms with Crippen LogP contribution in [-0.2, 0) is 17.8 Å². The maximum Gasteiger partial charge on any atom is 0.0892 e. The molecule has 1 N–H and O–H groups in total. The first kappa shape index (κ1) is 10.3. The largest absolute Gasteiger partial charge is 0.370 e. The van der Waals surface area contributed by atoms with Gasteiger partial charge in [0.25, 0.3) is 0 Å². The van der Waals surface area contributed by atoms with E-state index in [1.54, 1.807) is 0 Å². The number of aromatic amines is 1. The molecular weight excluding hydrogens is 164 g/mol. The molecule has 3 nitrogen and oxygen atoms in total. The lowest BCUT2D eigenvalue weighted by Crippen LogP contribution is -2.19. The molecule has 0 saturated carbocycles. The molecule has 1 aromatic heterocycles. The Labute approximate surface area is 79.5 Å². The highest BCUT2D eigenvalue weighted by atomic mass is 16.5. The van der Waals surface area contributed by atoms with Crippen molar-refractivity contribution in [2.45, 2.75) is 46.3 Å². The first-order valence-corrected chi connectivity index (χ1v) is 4.68. The Balaban J connectivity index is 2.54. The second-order valence-electron chi connectivity index (χ2n) is 4.13. The van der Waals surface area contributed by atoms with E-state index in [-0.39, 0.29) is 5.60 Å². The summed E-state index contributed by atoms with van der Waals surface area (Å²) in [5, 5.41) is 6.94. The highest BCUT2D eigenvalue weighted by Gasteiger charge is 2.12. The van der Waals surface area contributed by atoms with E-state index in [0.717, 1.165) is 12.1 Å². The summed E-state index contributed by atoms with van der Waals surface area (Å²) in [6.45, 7) is 8.89. The highest BCUT2D eigenvalue weighted by Crippen LogP contribution is 2.13. The van der Waals surface area contributed by atoms with Crippen LogP contribution in [-0.4, -0.2) is 15.8 Å². The molecule has 1 rings (SSSR count). The van der Waals surface area contributed by atoms with E-state index >= 15 is 0 Å². The fourth-order valence-electron chi connectivity index (χ4n) is 1.06. The Bertz CT molecular complexity index is 260. The molecular formula is C10H18N2O. The average Bonchev–Trinajstić information content (AvgIpc) is 2.46. The Morgan fingerprint density at radius 2 is 2.15 bits per heavy atom. The zero-order valence-electron chi connectivity index (χ0n) is 8.85. The number of hydrogen-bond acceptors (Lipinski definition) is 2. The number of nitrogens with one attached hydrogen (secondary N) is 1. The number of aromatic nitrogens is 2. The minimum Gasteiger partial charge on any atom is -0.370 e. The Morgan fingerprint density at radius 1 is 1.46 bits per heavy atom. The van der Waals surface area contributed by atoms with Gasteiger partial charge in [-0.2, -0.15) is 5.10 Å². The molecule has 0 saturated heterocycles. The van der Waals surface area contributed by atoms with Crippen molar-refractivity contribution in [2.75, 3.05) is 0 Å². The van der Waals surface area contributed by atoms with Crippen LogP contribution in [0.25, 0.3) is 0 Å². The molecule has 0 aliphatic heterocycles. The molecule has 0 aromatic carbocycles. The summed E-state index contributed by atoms with van der Waals surface area (Å²) in [6, 6.07) is 0. The second-order valence-corrected chi connectivity index (χ2v) is 4.13. The Hall–Kier alpha value is -0.830. The molecule has 0 spiro atoms. The third-order valence-corrected chi connectivity index (χ3v) is 1.84. The van der Waals surface area contributed by atoms with Crippen LogP contribution in [0.4, 0.5) is 0 Å². The normalized spacial score (nSPS) is 12.0. The van der Waals surface area contributed by atoms with Crippen LogP contribution in [0.1, 0.15) is 39.0 Å². The minimum atomic E-state index is -0.0872. The van der Waals surface area contributed by atoms with Crippen LogP contribution in [0, 0.1) is 0 Å². The van der Waals surface area contributed by atoms with Crippen LogP contribution in [0.5, 0.6) is 0 Å². The van der Waals surface area contributed by atoms with Gasteiger partial charge >= 0.3 is 0 Å². The van der Waals surface area contributed by atoms with Crippen molar-refractivity contribution in [3.05, 3.63) is 17.5 Å². The lowest BCUT2D eigenvalue weighted by Gasteiger charge is -2.19. The van der Waals surface area contributed by atoms with E-state index in [1.807, 2.05) is 6.20 Å². The number of hydrogen-bond donors (Lipinski definition) is 1. The molecule has 0 atom stereocenters. The lowest BCUT2D eigenvalue weighted by molar-refractivity contribution is -0.0167. The van der Waals surface area contributed by atoms with Crippen molar-refractivity contribution in [3.8, 4) is 0 Å². The standard InChI is InChI=1S/C10H18N2O/c1-5-8-6-11-12-9(8)7-13-10(2,3)4/h6H,5,7H2,1-4H3,(H,11,12). The quantitative estimate of drug-likeness (QED) is 0.778. The van der Waals surface area contributed by atoms with Crippen molar-refractivity contribution >= 4 is 0 Å². The summed E-state index contributed by atoms with van der Waals surface area (Å²) in [4.78, 5) is 0. The van der Waals surface area contributed by atoms with Crippen LogP contribution in [0.3, 0.4) is 0 Å². The molecule has 0 aliphatic rings. The van der Waals surface area contributed by atoms with Crippen LogP contribution in [0.2, 0.25) is 0 Å². The fourth-order valence-corrected chi connectivity index (χ4v) is 1.06. The van der Waals surface area contributed by atoms with Crippen molar-refractivity contribution in [3.63, 3.8) is 0 Å². The van der Waals surface area contributed by atoms with Gasteiger partial charge in [-0.3, -0.25) is 5.10 Å². The fraction of sp³-hybridized carbons (Fsp3) is 0.700. The second kappa shape index (κ2) is 3.92. The topological polar surface area (TPSA) is 37.9 Å². The highest BCUT2D eigenvalue weighted by molar-refractivity contribution is 5.14. The molecule has 0 radical (unpaired) electrons. The molecule has 13 heavy (non-hydrogen) atoms. The third kappa shape index (κ3) is 3.19. The SMILES string of the molecule is CCc1cn[nH]c1COC(C)(C)C. The van der Waals surface area contributed by atoms with Gasteiger partial charge in [0, 0.05) is 0 Å². The van der Waals surface area contributed by atoms with Gasteiger partial charge in [0.1, 0.15) is 0 Å². The average molecular weight is 182 g/mol. The van der Waals surface area contributed by atoms with Crippen molar-refractivity contribution in [1.82, 2.24) is 10.2 Å². The Morgan fingerprint density at radius 3 is 2.69 bits per heavy atom. The zero-order chi connectivity index (χ0) is 9.90. The maximum atomic E-state index is 5.64. The summed E-state index contributed by atoms with van der Waals surface area (Å²) in [7, 11) is 0. The van der Waals surface area contributed by atoms with Gasteiger partial charge in [0.15, 0.2) is 0 Å². The predicted molar refractivity (Wildman–Crippen MR) is 52.5 cm³/mol. The summed E-state index contributed by atoms with van der Waals surface area (Å²) >= 11 is 0. The van der Waals surface area contributed by atoms with E-state index in [9.17, 15) is 0 Å². The van der Waals surface area contributed by atoms with E-state index in [0.29, 0.717) is 6.61 Å². The maximum absolute atomic E-state index is 5.64. The van der Waals surface area contributed by atoms with E-state index in [4.69, 9.17) is 4.74 Å². The summed E-state index contributed by atoms with van der Waals surface area (Å²) in [6.07, 6.45) is 2.86. The monoisotopic (exact) mass is 182 g/mol. The molecule has 0 amide bonds. The minimum absolute atomic E-state index is 0.0872. The van der Waals surface area contributed by atoms with Gasteiger partial charge in [-0.15, -0.1) is 0 Å². The number of ether oxygens (including phenoxy) is 1. The third-order valence-electron chi connectivity index (χ3n) is 1.84. The van der Waals surface area contributed by atoms with Crippen LogP contribution >= 0.6 is 0 Å². The van der Waals surface area contributed by atoms with Crippen molar-refractivity contribution < 1.29 is 4.74 Å². The van der Waals surface area contributed by atoms with Gasteiger partial charge in [-0.25, -0.2) is 0 Å². The lowest BCUT2D eigenvalue weighted by atomic mass is 10.2. The molecule has 1 heterocycles. The molecule has 0 aliphatic carbocycles. The van der Waals surface area contributed by atoms with Crippen LogP contribution in [0.15, 0.2) is 6.20 Å². The van der Waals surface area contributed by atoms with Gasteiger partial charge in [-0.05, 0) is 32.8 Å². The summed E-state index contributed by atoms with van der Waals surface area (Å²) in [5.74, 6) is 0. The number of rotatable bonds is 3. The molecule has 0 unspecified atom stereocenters. The first-order chi connectivity index (χ1) is 6.03. The van der Waals surface area contributed by atoms with Crippen molar-refractivity contribution in [1.29, 1.82) is 0 Å². The summed E-state index contributed by atoms with van der Waals surface area (Å²) in [5.41, 5.74) is 2.25. The van der Waals surface area contributed by atoms with Crippen molar-refractivity contribution in [2.24, 2.45) is 0 Å². The van der Waals surface area contributed by atoms with Gasteiger partial charge < -0.3 is 4.74 Å². The number of aryl methyl sites for hydroxylation is 1. The molecule has 1 aromatic rings. The van der Waals surface area contributed by atoms with Gasteiger partial charge in [0.2, 0.25) is 0 Å². The predicted octanol–water partition coefficient (Wildman–Crippen LogP) is 2.29. The van der Waals surface area contributed by atoms with Gasteiger partial charge in [-0.1, -0.05) is 6.92 Å². The smallest absolute Gasteiger partial charge is 0.0892 e. The molecule has 74 valence electrons. The molecule has 0 fully saturated rings. The first-order valence-electron chi connectivity index (χ1n) is 4.68. The van der Waals surface area contributed by atoms with E-state index in [1.165, 1.54) is 5.56 Å². The Kier molecular flexibility index (Phi) is 3.09. The number of H-pyrrole nitrogens is 1.